The Labute approximate surface area is 419 Å². The largest absolute Gasteiger partial charge is 0.494 e. The molecule has 1 aliphatic carbocycles. The van der Waals surface area contributed by atoms with Crippen LogP contribution in [0.5, 0.6) is 0 Å². The first-order chi connectivity index (χ1) is 33.9. The van der Waals surface area contributed by atoms with Crippen LogP contribution in [0.15, 0.2) is 182 Å². The molecule has 2 saturated heterocycles. The highest BCUT2D eigenvalue weighted by Crippen LogP contribution is 2.51. The number of benzene rings is 8. The van der Waals surface area contributed by atoms with E-state index in [0.717, 1.165) is 66.6 Å². The maximum absolute atomic E-state index is 6.56. The van der Waals surface area contributed by atoms with Crippen LogP contribution in [-0.2, 0) is 24.0 Å². The van der Waals surface area contributed by atoms with Gasteiger partial charge < -0.3 is 28.1 Å². The molecule has 8 heteroatoms. The minimum absolute atomic E-state index is 0.122. The van der Waals surface area contributed by atoms with Crippen molar-refractivity contribution in [3.63, 3.8) is 0 Å². The van der Waals surface area contributed by atoms with E-state index in [1.54, 1.807) is 0 Å². The lowest BCUT2D eigenvalue weighted by molar-refractivity contribution is 0.00578. The molecule has 2 fully saturated rings. The molecule has 12 rings (SSSR count). The van der Waals surface area contributed by atoms with Crippen LogP contribution in [0.1, 0.15) is 80.4 Å². The predicted octanol–water partition coefficient (Wildman–Crippen LogP) is 14.5. The van der Waals surface area contributed by atoms with Crippen LogP contribution in [0.25, 0.3) is 60.9 Å². The number of nitrogens with zero attached hydrogens (tertiary/aromatic N) is 2. The van der Waals surface area contributed by atoms with E-state index in [1.807, 2.05) is 0 Å². The Morgan fingerprint density at radius 3 is 1.41 bits per heavy atom. The SMILES string of the molecule is CC1(C)c2ccccc2-c2ccc(N(c3ccc(-c4ccc(-n5c6ccc(B7OC(C)(C)C(C)(C)O7)cc6c6cc(B7OC(C)(C)C(C)(C)O7)ccc65)cc4)cc3)c3cccc(-c4ccccc4)c3)cc21. The van der Waals surface area contributed by atoms with E-state index >= 15 is 0 Å². The molecule has 0 radical (unpaired) electrons. The Morgan fingerprint density at radius 1 is 0.366 bits per heavy atom. The summed E-state index contributed by atoms with van der Waals surface area (Å²) in [5.74, 6) is 0. The lowest BCUT2D eigenvalue weighted by Crippen LogP contribution is -2.41. The minimum atomic E-state index is -0.482. The molecule has 8 aromatic carbocycles. The fraction of sp³-hybridized carbons (Fsp3) is 0.238. The zero-order valence-corrected chi connectivity index (χ0v) is 42.5. The zero-order chi connectivity index (χ0) is 49.2. The highest BCUT2D eigenvalue weighted by Gasteiger charge is 2.53. The molecule has 0 saturated carbocycles. The van der Waals surface area contributed by atoms with Crippen molar-refractivity contribution in [2.45, 2.75) is 97.1 Å². The highest BCUT2D eigenvalue weighted by atomic mass is 16.7. The summed E-state index contributed by atoms with van der Waals surface area (Å²) in [6, 6.07) is 66.5. The van der Waals surface area contributed by atoms with Crippen LogP contribution in [-0.4, -0.2) is 41.2 Å². The van der Waals surface area contributed by atoms with Crippen LogP contribution in [0.4, 0.5) is 17.1 Å². The van der Waals surface area contributed by atoms with Gasteiger partial charge in [0.15, 0.2) is 0 Å². The third-order valence-corrected chi connectivity index (χ3v) is 16.5. The molecular weight excluding hydrogens is 870 g/mol. The fourth-order valence-electron chi connectivity index (χ4n) is 10.9. The second-order valence-electron chi connectivity index (χ2n) is 22.3. The standard InChI is InChI=1S/C63H60B2N2O4/c1-59(2)55-22-15-14-21-51(55)52-34-33-50(40-56(52)59)66(49-20-16-19-44(37-49)41-17-12-11-13-18-41)47-29-23-42(24-30-47)43-25-31-48(32-26-43)67-57-35-27-45(64-68-60(3,4)61(5,6)69-64)38-53(57)54-39-46(28-36-58(54)67)65-70-62(7,8)63(9,10)71-65/h11-40H,1-10H3. The van der Waals surface area contributed by atoms with E-state index in [9.17, 15) is 0 Å². The Kier molecular flexibility index (Phi) is 10.4. The monoisotopic (exact) mass is 930 g/mol. The smallest absolute Gasteiger partial charge is 0.399 e. The number of rotatable bonds is 8. The van der Waals surface area contributed by atoms with Crippen LogP contribution in [0, 0.1) is 0 Å². The molecular formula is C63H60B2N2O4. The Hall–Kier alpha value is -6.67. The van der Waals surface area contributed by atoms with Crippen molar-refractivity contribution >= 4 is 64.0 Å². The number of fused-ring (bicyclic) bond motifs is 6. The molecule has 9 aromatic rings. The van der Waals surface area contributed by atoms with Gasteiger partial charge in [0.05, 0.1) is 33.4 Å². The molecule has 0 amide bonds. The predicted molar refractivity (Wildman–Crippen MR) is 295 cm³/mol. The molecule has 0 atom stereocenters. The second-order valence-corrected chi connectivity index (χ2v) is 22.3. The average Bonchev–Trinajstić information content (AvgIpc) is 3.97. The van der Waals surface area contributed by atoms with E-state index in [-0.39, 0.29) is 5.41 Å². The first kappa shape index (κ1) is 45.5. The summed E-state index contributed by atoms with van der Waals surface area (Å²) >= 11 is 0. The van der Waals surface area contributed by atoms with Crippen molar-refractivity contribution in [1.29, 1.82) is 0 Å². The summed E-state index contributed by atoms with van der Waals surface area (Å²) in [4.78, 5) is 2.40. The second kappa shape index (κ2) is 16.2. The Morgan fingerprint density at radius 2 is 0.831 bits per heavy atom. The van der Waals surface area contributed by atoms with E-state index in [0.29, 0.717) is 0 Å². The molecule has 6 nitrogen and oxygen atoms in total. The quantitative estimate of drug-likeness (QED) is 0.142. The van der Waals surface area contributed by atoms with Gasteiger partial charge in [-0.25, -0.2) is 0 Å². The van der Waals surface area contributed by atoms with Crippen molar-refractivity contribution in [2.24, 2.45) is 0 Å². The van der Waals surface area contributed by atoms with E-state index in [1.165, 1.54) is 33.4 Å². The highest BCUT2D eigenvalue weighted by molar-refractivity contribution is 6.63. The number of aromatic nitrogens is 1. The fourth-order valence-corrected chi connectivity index (χ4v) is 10.9. The zero-order valence-electron chi connectivity index (χ0n) is 42.5. The van der Waals surface area contributed by atoms with Gasteiger partial charge in [-0.3, -0.25) is 0 Å². The molecule has 352 valence electrons. The molecule has 3 aliphatic rings. The molecule has 0 spiro atoms. The van der Waals surface area contributed by atoms with Gasteiger partial charge in [0.1, 0.15) is 0 Å². The minimum Gasteiger partial charge on any atom is -0.399 e. The van der Waals surface area contributed by atoms with Crippen molar-refractivity contribution in [3.05, 3.63) is 193 Å². The van der Waals surface area contributed by atoms with Gasteiger partial charge in [-0.1, -0.05) is 135 Å². The van der Waals surface area contributed by atoms with Crippen LogP contribution < -0.4 is 15.8 Å². The molecule has 0 unspecified atom stereocenters. The third kappa shape index (κ3) is 7.41. The van der Waals surface area contributed by atoms with Gasteiger partial charge in [-0.15, -0.1) is 0 Å². The van der Waals surface area contributed by atoms with Crippen molar-refractivity contribution < 1.29 is 18.6 Å². The van der Waals surface area contributed by atoms with Gasteiger partial charge in [-0.2, -0.15) is 0 Å². The molecule has 71 heavy (non-hydrogen) atoms. The summed E-state index contributed by atoms with van der Waals surface area (Å²) in [5, 5.41) is 2.22. The third-order valence-electron chi connectivity index (χ3n) is 16.5. The Bertz CT molecular complexity index is 3410. The van der Waals surface area contributed by atoms with Crippen molar-refractivity contribution in [3.8, 4) is 39.1 Å². The first-order valence-corrected chi connectivity index (χ1v) is 25.1. The number of hydrogen-bond acceptors (Lipinski definition) is 5. The van der Waals surface area contributed by atoms with Gasteiger partial charge >= 0.3 is 14.2 Å². The van der Waals surface area contributed by atoms with Gasteiger partial charge in [-0.05, 0) is 171 Å². The Balaban J connectivity index is 0.910. The number of anilines is 3. The molecule has 0 N–H and O–H groups in total. The topological polar surface area (TPSA) is 45.1 Å². The first-order valence-electron chi connectivity index (χ1n) is 25.1. The normalized spacial score (nSPS) is 18.0. The van der Waals surface area contributed by atoms with Crippen LogP contribution in [0.3, 0.4) is 0 Å². The number of hydrogen-bond donors (Lipinski definition) is 0. The summed E-state index contributed by atoms with van der Waals surface area (Å²) in [5.41, 5.74) is 16.6. The summed E-state index contributed by atoms with van der Waals surface area (Å²) in [7, 11) is -0.964. The van der Waals surface area contributed by atoms with Gasteiger partial charge in [0, 0.05) is 38.9 Å². The molecule has 2 aliphatic heterocycles. The lowest BCUT2D eigenvalue weighted by atomic mass is 9.77. The summed E-state index contributed by atoms with van der Waals surface area (Å²) in [6.07, 6.45) is 0. The van der Waals surface area contributed by atoms with Crippen LogP contribution in [0.2, 0.25) is 0 Å². The molecule has 0 bridgehead atoms. The van der Waals surface area contributed by atoms with Crippen LogP contribution >= 0.6 is 0 Å². The van der Waals surface area contributed by atoms with E-state index < -0.39 is 36.6 Å². The summed E-state index contributed by atoms with van der Waals surface area (Å²) in [6.45, 7) is 21.5. The lowest BCUT2D eigenvalue weighted by Gasteiger charge is -2.32. The van der Waals surface area contributed by atoms with Gasteiger partial charge in [0.2, 0.25) is 0 Å². The molecule has 3 heterocycles. The van der Waals surface area contributed by atoms with Crippen molar-refractivity contribution in [1.82, 2.24) is 4.57 Å². The maximum Gasteiger partial charge on any atom is 0.494 e. The molecule has 1 aromatic heterocycles. The summed E-state index contributed by atoms with van der Waals surface area (Å²) < 4.78 is 28.6. The van der Waals surface area contributed by atoms with Gasteiger partial charge in [0.25, 0.3) is 0 Å². The van der Waals surface area contributed by atoms with E-state index in [4.69, 9.17) is 18.6 Å². The average molecular weight is 931 g/mol. The van der Waals surface area contributed by atoms with E-state index in [2.05, 4.69) is 261 Å². The maximum atomic E-state index is 6.56. The van der Waals surface area contributed by atoms with Crippen molar-refractivity contribution in [2.75, 3.05) is 4.90 Å².